The average molecular weight is 351 g/mol. The molecule has 0 spiro atoms. The van der Waals surface area contributed by atoms with Gasteiger partial charge in [0.15, 0.2) is 11.5 Å². The van der Waals surface area contributed by atoms with Gasteiger partial charge in [0, 0.05) is 12.1 Å². The first-order chi connectivity index (χ1) is 12.8. The third kappa shape index (κ3) is 4.04. The second-order valence-electron chi connectivity index (χ2n) is 7.56. The highest BCUT2D eigenvalue weighted by Crippen LogP contribution is 2.49. The summed E-state index contributed by atoms with van der Waals surface area (Å²) in [4.78, 5) is 2.60. The van der Waals surface area contributed by atoms with Gasteiger partial charge in [-0.25, -0.2) is 0 Å². The van der Waals surface area contributed by atoms with Gasteiger partial charge < -0.3 is 9.47 Å². The highest BCUT2D eigenvalue weighted by atomic mass is 16.5. The van der Waals surface area contributed by atoms with Gasteiger partial charge >= 0.3 is 0 Å². The molecule has 1 aliphatic carbocycles. The number of nitrogens with zero attached hydrogens (tertiary/aromatic N) is 1. The fraction of sp³-hybridized carbons (Fsp3) is 0.478. The van der Waals surface area contributed by atoms with Crippen molar-refractivity contribution in [3.05, 3.63) is 59.2 Å². The number of rotatable bonds is 7. The SMILES string of the molecule is COc1ccc(CN2CCCCC2)c(C2CC2)c1OCc1ccccc1. The van der Waals surface area contributed by atoms with E-state index in [9.17, 15) is 0 Å². The van der Waals surface area contributed by atoms with E-state index in [4.69, 9.17) is 9.47 Å². The second kappa shape index (κ2) is 8.13. The highest BCUT2D eigenvalue weighted by molar-refractivity contribution is 5.54. The summed E-state index contributed by atoms with van der Waals surface area (Å²) in [6.07, 6.45) is 6.56. The molecule has 2 aromatic rings. The molecule has 2 fully saturated rings. The smallest absolute Gasteiger partial charge is 0.165 e. The zero-order valence-corrected chi connectivity index (χ0v) is 15.7. The van der Waals surface area contributed by atoms with Crippen molar-refractivity contribution in [2.45, 2.75) is 51.2 Å². The molecule has 2 aliphatic rings. The van der Waals surface area contributed by atoms with E-state index >= 15 is 0 Å². The zero-order valence-electron chi connectivity index (χ0n) is 15.7. The molecule has 3 heteroatoms. The number of hydrogen-bond donors (Lipinski definition) is 0. The van der Waals surface area contributed by atoms with Crippen molar-refractivity contribution >= 4 is 0 Å². The van der Waals surface area contributed by atoms with Crippen molar-refractivity contribution in [2.75, 3.05) is 20.2 Å². The molecule has 26 heavy (non-hydrogen) atoms. The third-order valence-electron chi connectivity index (χ3n) is 5.52. The van der Waals surface area contributed by atoms with Gasteiger partial charge in [0.05, 0.1) is 7.11 Å². The van der Waals surface area contributed by atoms with Crippen LogP contribution < -0.4 is 9.47 Å². The van der Waals surface area contributed by atoms with E-state index in [0.717, 1.165) is 18.0 Å². The first kappa shape index (κ1) is 17.4. The highest BCUT2D eigenvalue weighted by Gasteiger charge is 2.32. The van der Waals surface area contributed by atoms with Crippen molar-refractivity contribution in [1.29, 1.82) is 0 Å². The van der Waals surface area contributed by atoms with Crippen LogP contribution in [-0.4, -0.2) is 25.1 Å². The molecule has 0 N–H and O–H groups in total. The summed E-state index contributed by atoms with van der Waals surface area (Å²) in [6.45, 7) is 4.06. The van der Waals surface area contributed by atoms with Crippen LogP contribution in [0.15, 0.2) is 42.5 Å². The van der Waals surface area contributed by atoms with Gasteiger partial charge in [-0.2, -0.15) is 0 Å². The van der Waals surface area contributed by atoms with Crippen LogP contribution in [0.2, 0.25) is 0 Å². The van der Waals surface area contributed by atoms with Gasteiger partial charge in [-0.3, -0.25) is 4.90 Å². The fourth-order valence-electron chi connectivity index (χ4n) is 3.98. The molecular weight excluding hydrogens is 322 g/mol. The van der Waals surface area contributed by atoms with Crippen LogP contribution in [0.25, 0.3) is 0 Å². The van der Waals surface area contributed by atoms with E-state index in [1.165, 1.54) is 61.9 Å². The van der Waals surface area contributed by atoms with E-state index in [2.05, 4.69) is 41.3 Å². The van der Waals surface area contributed by atoms with Crippen LogP contribution in [0.1, 0.15) is 54.7 Å². The van der Waals surface area contributed by atoms with Crippen LogP contribution in [0.3, 0.4) is 0 Å². The summed E-state index contributed by atoms with van der Waals surface area (Å²) in [5.74, 6) is 2.47. The molecule has 3 nitrogen and oxygen atoms in total. The molecule has 0 atom stereocenters. The maximum atomic E-state index is 6.33. The third-order valence-corrected chi connectivity index (χ3v) is 5.52. The van der Waals surface area contributed by atoms with Gasteiger partial charge in [0.2, 0.25) is 0 Å². The summed E-state index contributed by atoms with van der Waals surface area (Å²) in [7, 11) is 1.74. The van der Waals surface area contributed by atoms with Crippen LogP contribution in [0.5, 0.6) is 11.5 Å². The Morgan fingerprint density at radius 3 is 2.42 bits per heavy atom. The molecule has 0 radical (unpaired) electrons. The minimum Gasteiger partial charge on any atom is -0.493 e. The molecule has 1 aliphatic heterocycles. The molecule has 0 amide bonds. The predicted octanol–water partition coefficient (Wildman–Crippen LogP) is 5.14. The van der Waals surface area contributed by atoms with E-state index < -0.39 is 0 Å². The Bertz CT molecular complexity index is 718. The van der Waals surface area contributed by atoms with Crippen molar-refractivity contribution in [1.82, 2.24) is 4.90 Å². The topological polar surface area (TPSA) is 21.7 Å². The molecular formula is C23H29NO2. The van der Waals surface area contributed by atoms with Gasteiger partial charge in [0.25, 0.3) is 0 Å². The standard InChI is InChI=1S/C23H29NO2/c1-25-21-13-12-20(16-24-14-6-3-7-15-24)22(19-10-11-19)23(21)26-17-18-8-4-2-5-9-18/h2,4-5,8-9,12-13,19H,3,6-7,10-11,14-17H2,1H3. The Balaban J connectivity index is 1.60. The summed E-state index contributed by atoms with van der Waals surface area (Å²) < 4.78 is 12.0. The lowest BCUT2D eigenvalue weighted by Crippen LogP contribution is -2.29. The second-order valence-corrected chi connectivity index (χ2v) is 7.56. The number of likely N-dealkylation sites (tertiary alicyclic amines) is 1. The lowest BCUT2D eigenvalue weighted by molar-refractivity contribution is 0.219. The molecule has 4 rings (SSSR count). The minimum absolute atomic E-state index is 0.587. The van der Waals surface area contributed by atoms with E-state index in [1.54, 1.807) is 7.11 Å². The molecule has 1 saturated heterocycles. The molecule has 0 unspecified atom stereocenters. The van der Waals surface area contributed by atoms with E-state index in [-0.39, 0.29) is 0 Å². The predicted molar refractivity (Wildman–Crippen MR) is 105 cm³/mol. The van der Waals surface area contributed by atoms with Gasteiger partial charge in [-0.05, 0) is 61.9 Å². The van der Waals surface area contributed by atoms with E-state index in [1.807, 2.05) is 6.07 Å². The maximum absolute atomic E-state index is 6.33. The van der Waals surface area contributed by atoms with Crippen LogP contribution in [0, 0.1) is 0 Å². The average Bonchev–Trinajstić information content (AvgIpc) is 3.53. The monoisotopic (exact) mass is 351 g/mol. The molecule has 0 bridgehead atoms. The summed E-state index contributed by atoms with van der Waals surface area (Å²) >= 11 is 0. The number of hydrogen-bond acceptors (Lipinski definition) is 3. The fourth-order valence-corrected chi connectivity index (χ4v) is 3.98. The Hall–Kier alpha value is -2.00. The van der Waals surface area contributed by atoms with Gasteiger partial charge in [-0.15, -0.1) is 0 Å². The number of benzene rings is 2. The Labute approximate surface area is 156 Å². The van der Waals surface area contributed by atoms with Crippen molar-refractivity contribution < 1.29 is 9.47 Å². The van der Waals surface area contributed by atoms with Crippen molar-refractivity contribution in [2.24, 2.45) is 0 Å². The van der Waals surface area contributed by atoms with Crippen LogP contribution in [-0.2, 0) is 13.2 Å². The van der Waals surface area contributed by atoms with E-state index in [0.29, 0.717) is 12.5 Å². The number of methoxy groups -OCH3 is 1. The van der Waals surface area contributed by atoms with Gasteiger partial charge in [-0.1, -0.05) is 42.8 Å². The largest absolute Gasteiger partial charge is 0.493 e. The Morgan fingerprint density at radius 2 is 1.73 bits per heavy atom. The molecule has 1 saturated carbocycles. The minimum atomic E-state index is 0.587. The molecule has 0 aromatic heterocycles. The Kier molecular flexibility index (Phi) is 5.45. The normalized spacial score (nSPS) is 17.9. The lowest BCUT2D eigenvalue weighted by atomic mass is 9.99. The quantitative estimate of drug-likeness (QED) is 0.689. The van der Waals surface area contributed by atoms with Crippen molar-refractivity contribution in [3.63, 3.8) is 0 Å². The summed E-state index contributed by atoms with van der Waals surface area (Å²) in [5, 5.41) is 0. The molecule has 1 heterocycles. The first-order valence-corrected chi connectivity index (χ1v) is 9.94. The van der Waals surface area contributed by atoms with Crippen LogP contribution >= 0.6 is 0 Å². The number of piperidine rings is 1. The molecule has 138 valence electrons. The zero-order chi connectivity index (χ0) is 17.8. The van der Waals surface area contributed by atoms with Crippen molar-refractivity contribution in [3.8, 4) is 11.5 Å². The number of ether oxygens (including phenoxy) is 2. The Morgan fingerprint density at radius 1 is 0.962 bits per heavy atom. The van der Waals surface area contributed by atoms with Gasteiger partial charge in [0.1, 0.15) is 6.61 Å². The maximum Gasteiger partial charge on any atom is 0.165 e. The molecule has 2 aromatic carbocycles. The van der Waals surface area contributed by atoms with Crippen LogP contribution in [0.4, 0.5) is 0 Å². The summed E-state index contributed by atoms with van der Waals surface area (Å²) in [6, 6.07) is 14.7. The summed E-state index contributed by atoms with van der Waals surface area (Å²) in [5.41, 5.74) is 4.02. The lowest BCUT2D eigenvalue weighted by Gasteiger charge is -2.28. The first-order valence-electron chi connectivity index (χ1n) is 9.94.